The van der Waals surface area contributed by atoms with Gasteiger partial charge in [-0.25, -0.2) is 4.79 Å². The molecule has 8 nitrogen and oxygen atoms in total. The van der Waals surface area contributed by atoms with Crippen molar-refractivity contribution >= 4 is 11.9 Å². The van der Waals surface area contributed by atoms with Crippen LogP contribution in [0.2, 0.25) is 0 Å². The van der Waals surface area contributed by atoms with Crippen molar-refractivity contribution in [3.8, 4) is 11.8 Å². The molecule has 4 saturated carbocycles. The van der Waals surface area contributed by atoms with Crippen LogP contribution in [0.15, 0.2) is 57.7 Å². The van der Waals surface area contributed by atoms with E-state index < -0.39 is 16.4 Å². The predicted molar refractivity (Wildman–Crippen MR) is 264 cm³/mol. The maximum Gasteiger partial charge on any atom is 0.339 e. The second-order valence-electron chi connectivity index (χ2n) is 27.3. The van der Waals surface area contributed by atoms with Gasteiger partial charge in [-0.05, 0) is 179 Å². The minimum absolute atomic E-state index is 0.0795. The third-order valence-corrected chi connectivity index (χ3v) is 25.2. The SMILES string of the molecule is CC1C=C2CCC34CC2C2=C5CCC67C8=C(O)C9C(C#CCc%10ccc(CCCN)c%11c%10C6(OC%11=O)C(C1)C27C(=O)O8)CC1C2CC(CN1C9C1CCC6(CCCC6)C1)C1CCC(=C(C53)N1C2)CC4C. The molecule has 1 aromatic carbocycles. The van der Waals surface area contributed by atoms with E-state index in [0.717, 1.165) is 68.3 Å². The number of allylic oxidation sites excluding steroid dienone is 4. The summed E-state index contributed by atoms with van der Waals surface area (Å²) in [6.45, 7) is 7.75. The molecule has 8 heteroatoms. The van der Waals surface area contributed by atoms with E-state index in [1.165, 1.54) is 82.6 Å². The molecule has 17 atom stereocenters. The van der Waals surface area contributed by atoms with E-state index in [1.54, 1.807) is 22.4 Å². The molecule has 17 unspecified atom stereocenters. The first-order valence-electron chi connectivity index (χ1n) is 29.0. The number of carbonyl (C=O) groups excluding carboxylic acids is 2. The molecule has 0 radical (unpaired) electrons. The van der Waals surface area contributed by atoms with Gasteiger partial charge < -0.3 is 25.2 Å². The van der Waals surface area contributed by atoms with Crippen LogP contribution in [-0.2, 0) is 32.7 Å². The number of aliphatic hydroxyl groups excluding tert-OH is 1. The highest BCUT2D eigenvalue weighted by Crippen LogP contribution is 2.90. The summed E-state index contributed by atoms with van der Waals surface area (Å²) in [5, 5.41) is 14.4. The van der Waals surface area contributed by atoms with Gasteiger partial charge in [0, 0.05) is 78.5 Å². The van der Waals surface area contributed by atoms with Gasteiger partial charge in [0.15, 0.2) is 11.4 Å². The largest absolute Gasteiger partial charge is 0.508 e. The van der Waals surface area contributed by atoms with Crippen LogP contribution in [0.25, 0.3) is 0 Å². The highest BCUT2D eigenvalue weighted by Gasteiger charge is 2.94. The van der Waals surface area contributed by atoms with Crippen LogP contribution in [0.3, 0.4) is 0 Å². The number of piperidine rings is 3. The lowest BCUT2D eigenvalue weighted by molar-refractivity contribution is -0.283. The fraction of sp³-hybridized carbons (Fsp3) is 0.710. The van der Waals surface area contributed by atoms with Gasteiger partial charge in [-0.3, -0.25) is 9.69 Å². The molecule has 1 aromatic rings. The maximum atomic E-state index is 16.7. The summed E-state index contributed by atoms with van der Waals surface area (Å²) in [7, 11) is 0. The standard InChI is InChI=1S/C62H73N3O5/c1-32-23-36-15-20-59-29-43(36)50-42-16-21-60-55-54(66)48-37(8-5-7-35-11-10-34(9-6-22-63)47-49(35)62(60,70-56(47)67)46(24-32)61(50,60)57(68)69-55)27-45-41-26-40(30-65(45)52(48)39-14-19-58(28-39)17-3-4-18-58)44-13-12-38(25-33(59)2)53(51(42)59)64(44)31-41/h10-11,23,32-33,37,39-41,43-46,48,51-52,66H,3-4,6-7,9,12-22,24-31,63H2,1-2H3. The van der Waals surface area contributed by atoms with Crippen molar-refractivity contribution in [2.75, 3.05) is 19.6 Å². The lowest BCUT2D eigenvalue weighted by Gasteiger charge is -2.74. The van der Waals surface area contributed by atoms with E-state index in [4.69, 9.17) is 15.2 Å². The molecule has 70 heavy (non-hydrogen) atoms. The van der Waals surface area contributed by atoms with Crippen molar-refractivity contribution in [2.45, 2.75) is 172 Å². The third kappa shape index (κ3) is 4.44. The summed E-state index contributed by atoms with van der Waals surface area (Å²) < 4.78 is 14.9. The average molecular weight is 940 g/mol. The van der Waals surface area contributed by atoms with Crippen molar-refractivity contribution < 1.29 is 24.2 Å². The Kier molecular flexibility index (Phi) is 8.02. The molecule has 0 amide bonds. The Morgan fingerprint density at radius 1 is 0.929 bits per heavy atom. The van der Waals surface area contributed by atoms with Gasteiger partial charge in [0.1, 0.15) is 11.2 Å². The number of rotatable bonds is 4. The number of hydrogen-bond acceptors (Lipinski definition) is 8. The molecule has 5 spiro atoms. The van der Waals surface area contributed by atoms with Crippen LogP contribution in [0.5, 0.6) is 0 Å². The first kappa shape index (κ1) is 41.6. The number of hydrogen-bond donors (Lipinski definition) is 2. The Balaban J connectivity index is 1.01. The van der Waals surface area contributed by atoms with Crippen molar-refractivity contribution in [1.29, 1.82) is 0 Å². The lowest BCUT2D eigenvalue weighted by Crippen LogP contribution is -2.78. The van der Waals surface area contributed by atoms with Gasteiger partial charge in [-0.1, -0.05) is 73.5 Å². The number of ether oxygens (including phenoxy) is 2. The Labute approximate surface area is 414 Å². The van der Waals surface area contributed by atoms with E-state index >= 15 is 9.59 Å². The number of aryl methyl sites for hydroxylation is 1. The highest BCUT2D eigenvalue weighted by atomic mass is 16.6. The second-order valence-corrected chi connectivity index (χ2v) is 27.3. The van der Waals surface area contributed by atoms with Crippen LogP contribution < -0.4 is 5.73 Å². The van der Waals surface area contributed by atoms with E-state index in [1.807, 2.05) is 0 Å². The molecule has 3 N–H and O–H groups in total. The summed E-state index contributed by atoms with van der Waals surface area (Å²) >= 11 is 0. The third-order valence-electron chi connectivity index (χ3n) is 25.2. The van der Waals surface area contributed by atoms with Gasteiger partial charge in [-0.15, -0.1) is 0 Å². The summed E-state index contributed by atoms with van der Waals surface area (Å²) in [6, 6.07) is 5.48. The number of aliphatic hydroxyl groups is 1. The van der Waals surface area contributed by atoms with Gasteiger partial charge in [-0.2, -0.15) is 0 Å². The minimum atomic E-state index is -1.19. The number of carbonyl (C=O) groups is 2. The highest BCUT2D eigenvalue weighted by molar-refractivity contribution is 6.01. The topological polar surface area (TPSA) is 105 Å². The Bertz CT molecular complexity index is 2850. The Morgan fingerprint density at radius 3 is 2.67 bits per heavy atom. The number of benzene rings is 1. The molecule has 366 valence electrons. The van der Waals surface area contributed by atoms with Gasteiger partial charge in [0.05, 0.1) is 11.0 Å². The van der Waals surface area contributed by atoms with Gasteiger partial charge in [0.25, 0.3) is 0 Å². The average Bonchev–Trinajstić information content (AvgIpc) is 4.15. The molecule has 8 fully saturated rings. The monoisotopic (exact) mass is 940 g/mol. The van der Waals surface area contributed by atoms with Crippen molar-refractivity contribution in [3.63, 3.8) is 0 Å². The van der Waals surface area contributed by atoms with Crippen LogP contribution >= 0.6 is 0 Å². The lowest BCUT2D eigenvalue weighted by atomic mass is 9.26. The second kappa shape index (κ2) is 13.5. The molecule has 15 aliphatic rings. The smallest absolute Gasteiger partial charge is 0.339 e. The first-order chi connectivity index (χ1) is 34.1. The molecule has 4 bridgehead atoms. The predicted octanol–water partition coefficient (Wildman–Crippen LogP) is 10.4. The summed E-state index contributed by atoms with van der Waals surface area (Å²) in [4.78, 5) is 38.2. The molecule has 9 aliphatic carbocycles. The van der Waals surface area contributed by atoms with E-state index in [9.17, 15) is 5.11 Å². The fourth-order valence-electron chi connectivity index (χ4n) is 23.2. The summed E-state index contributed by atoms with van der Waals surface area (Å²) in [5.41, 5.74) is 15.1. The van der Waals surface area contributed by atoms with Gasteiger partial charge in [0.2, 0.25) is 0 Å². The Morgan fingerprint density at radius 2 is 1.80 bits per heavy atom. The molecule has 6 heterocycles. The summed E-state index contributed by atoms with van der Waals surface area (Å²) in [6.07, 6.45) is 25.1. The van der Waals surface area contributed by atoms with Crippen molar-refractivity contribution in [1.82, 2.24) is 9.80 Å². The normalized spacial score (nSPS) is 48.4. The van der Waals surface area contributed by atoms with Crippen molar-refractivity contribution in [3.05, 3.63) is 80.0 Å². The van der Waals surface area contributed by atoms with Gasteiger partial charge >= 0.3 is 11.9 Å². The van der Waals surface area contributed by atoms with Crippen molar-refractivity contribution in [2.24, 2.45) is 86.6 Å². The van der Waals surface area contributed by atoms with Crippen LogP contribution in [0, 0.1) is 92.7 Å². The number of nitrogens with two attached hydrogens (primary N) is 1. The molecule has 6 aliphatic heterocycles. The molecular weight excluding hydrogens is 867 g/mol. The van der Waals surface area contributed by atoms with E-state index in [-0.39, 0.29) is 58.9 Å². The van der Waals surface area contributed by atoms with E-state index in [2.05, 4.69) is 53.7 Å². The number of esters is 2. The number of fused-ring (bicyclic) bond motifs is 10. The first-order valence-corrected chi connectivity index (χ1v) is 29.0. The minimum Gasteiger partial charge on any atom is -0.508 e. The zero-order valence-electron chi connectivity index (χ0n) is 41.8. The fourth-order valence-corrected chi connectivity index (χ4v) is 23.2. The molecular formula is C62H73N3O5. The zero-order valence-corrected chi connectivity index (χ0v) is 41.8. The Hall–Kier alpha value is -3.80. The maximum absolute atomic E-state index is 16.7. The molecule has 4 saturated heterocycles. The molecule has 0 aromatic heterocycles. The number of nitrogens with zero attached hydrogens (tertiary/aromatic N) is 2. The molecule has 16 rings (SSSR count). The zero-order chi connectivity index (χ0) is 46.6. The van der Waals surface area contributed by atoms with Crippen LogP contribution in [0.1, 0.15) is 163 Å². The summed E-state index contributed by atoms with van der Waals surface area (Å²) in [5.74, 6) is 10.3. The van der Waals surface area contributed by atoms with Crippen LogP contribution in [0.4, 0.5) is 0 Å². The quantitative estimate of drug-likeness (QED) is 0.175. The van der Waals surface area contributed by atoms with E-state index in [0.29, 0.717) is 84.1 Å². The van der Waals surface area contributed by atoms with Crippen LogP contribution in [-0.4, -0.2) is 64.6 Å².